The first-order valence-electron chi connectivity index (χ1n) is 6.45. The molecular weight excluding hydrogens is 212 g/mol. The van der Waals surface area contributed by atoms with Gasteiger partial charge >= 0.3 is 0 Å². The van der Waals surface area contributed by atoms with Crippen molar-refractivity contribution in [1.29, 1.82) is 0 Å². The quantitative estimate of drug-likeness (QED) is 0.831. The molecule has 1 atom stereocenters. The Labute approximate surface area is 102 Å². The van der Waals surface area contributed by atoms with E-state index in [1.807, 2.05) is 19.2 Å². The summed E-state index contributed by atoms with van der Waals surface area (Å²) in [6.07, 6.45) is 5.79. The lowest BCUT2D eigenvalue weighted by atomic mass is 10.2. The Morgan fingerprint density at radius 3 is 3.00 bits per heavy atom. The fraction of sp³-hybridized carbons (Fsp3) is 0.615. The highest BCUT2D eigenvalue weighted by Gasteiger charge is 2.34. The second kappa shape index (κ2) is 4.18. The molecule has 92 valence electrons. The monoisotopic (exact) mass is 232 g/mol. The van der Waals surface area contributed by atoms with Gasteiger partial charge in [-0.05, 0) is 37.8 Å². The van der Waals surface area contributed by atoms with Crippen molar-refractivity contribution in [2.75, 3.05) is 24.1 Å². The van der Waals surface area contributed by atoms with Gasteiger partial charge in [-0.15, -0.1) is 0 Å². The number of hydrogen-bond donors (Lipinski definition) is 2. The van der Waals surface area contributed by atoms with Crippen LogP contribution in [0.3, 0.4) is 0 Å². The molecule has 2 fully saturated rings. The first-order valence-corrected chi connectivity index (χ1v) is 6.45. The van der Waals surface area contributed by atoms with E-state index in [-0.39, 0.29) is 0 Å². The maximum atomic E-state index is 6.03. The highest BCUT2D eigenvalue weighted by Crippen LogP contribution is 2.31. The fourth-order valence-corrected chi connectivity index (χ4v) is 2.55. The first kappa shape index (κ1) is 10.8. The van der Waals surface area contributed by atoms with Crippen molar-refractivity contribution in [2.45, 2.75) is 38.3 Å². The molecule has 4 heteroatoms. The molecule has 1 aliphatic heterocycles. The van der Waals surface area contributed by atoms with Crippen LogP contribution in [0.4, 0.5) is 11.5 Å². The second-order valence-corrected chi connectivity index (χ2v) is 5.25. The number of aryl methyl sites for hydroxylation is 1. The van der Waals surface area contributed by atoms with E-state index < -0.39 is 0 Å². The lowest BCUT2D eigenvalue weighted by Gasteiger charge is -2.17. The molecule has 17 heavy (non-hydrogen) atoms. The zero-order chi connectivity index (χ0) is 11.8. The van der Waals surface area contributed by atoms with E-state index in [9.17, 15) is 0 Å². The normalized spacial score (nSPS) is 25.1. The van der Waals surface area contributed by atoms with Crippen molar-refractivity contribution >= 4 is 11.5 Å². The third-order valence-electron chi connectivity index (χ3n) is 3.83. The summed E-state index contributed by atoms with van der Waals surface area (Å²) < 4.78 is 0. The molecule has 0 amide bonds. The van der Waals surface area contributed by atoms with Gasteiger partial charge in [0.25, 0.3) is 0 Å². The number of nitrogens with one attached hydrogen (secondary N) is 1. The summed E-state index contributed by atoms with van der Waals surface area (Å²) in [6, 6.07) is 3.32. The molecule has 1 aromatic heterocycles. The summed E-state index contributed by atoms with van der Waals surface area (Å²) in [5, 5.41) is 3.48. The van der Waals surface area contributed by atoms with Gasteiger partial charge in [0.05, 0.1) is 5.69 Å². The number of nitrogen functional groups attached to an aromatic ring is 1. The summed E-state index contributed by atoms with van der Waals surface area (Å²) in [5.74, 6) is 0.854. The SMILES string of the molecule is Cc1ccnc(NC2CCN(C3CC3)C2)c1N. The average Bonchev–Trinajstić information content (AvgIpc) is 3.06. The van der Waals surface area contributed by atoms with E-state index in [0.717, 1.165) is 29.7 Å². The molecule has 2 aliphatic rings. The molecule has 1 saturated carbocycles. The molecule has 0 spiro atoms. The Balaban J connectivity index is 1.65. The van der Waals surface area contributed by atoms with Crippen LogP contribution in [-0.2, 0) is 0 Å². The number of hydrogen-bond acceptors (Lipinski definition) is 4. The molecular formula is C13H20N4. The van der Waals surface area contributed by atoms with Crippen molar-refractivity contribution < 1.29 is 0 Å². The Kier molecular flexibility index (Phi) is 2.67. The molecule has 1 aromatic rings. The minimum absolute atomic E-state index is 0.507. The molecule has 1 aliphatic carbocycles. The van der Waals surface area contributed by atoms with E-state index in [1.165, 1.54) is 25.8 Å². The third kappa shape index (κ3) is 2.22. The van der Waals surface area contributed by atoms with Crippen LogP contribution in [0.25, 0.3) is 0 Å². The summed E-state index contributed by atoms with van der Waals surface area (Å²) in [4.78, 5) is 6.92. The summed E-state index contributed by atoms with van der Waals surface area (Å²) in [7, 11) is 0. The number of nitrogens with two attached hydrogens (primary N) is 1. The van der Waals surface area contributed by atoms with Crippen LogP contribution in [0.5, 0.6) is 0 Å². The van der Waals surface area contributed by atoms with E-state index in [0.29, 0.717) is 6.04 Å². The zero-order valence-corrected chi connectivity index (χ0v) is 10.3. The van der Waals surface area contributed by atoms with E-state index >= 15 is 0 Å². The fourth-order valence-electron chi connectivity index (χ4n) is 2.55. The van der Waals surface area contributed by atoms with Crippen molar-refractivity contribution in [2.24, 2.45) is 0 Å². The van der Waals surface area contributed by atoms with Crippen LogP contribution >= 0.6 is 0 Å². The average molecular weight is 232 g/mol. The van der Waals surface area contributed by atoms with Gasteiger partial charge in [0.1, 0.15) is 5.82 Å². The maximum Gasteiger partial charge on any atom is 0.149 e. The number of aromatic nitrogens is 1. The highest BCUT2D eigenvalue weighted by molar-refractivity contribution is 5.65. The van der Waals surface area contributed by atoms with E-state index in [4.69, 9.17) is 5.73 Å². The number of anilines is 2. The largest absolute Gasteiger partial charge is 0.396 e. The number of pyridine rings is 1. The Morgan fingerprint density at radius 1 is 1.41 bits per heavy atom. The number of nitrogens with zero attached hydrogens (tertiary/aromatic N) is 2. The van der Waals surface area contributed by atoms with Gasteiger partial charge in [-0.25, -0.2) is 4.98 Å². The van der Waals surface area contributed by atoms with Crippen LogP contribution in [0.2, 0.25) is 0 Å². The predicted octanol–water partition coefficient (Wildman–Crippen LogP) is 1.62. The minimum Gasteiger partial charge on any atom is -0.396 e. The van der Waals surface area contributed by atoms with Crippen molar-refractivity contribution in [3.05, 3.63) is 17.8 Å². The van der Waals surface area contributed by atoms with Gasteiger partial charge in [0.15, 0.2) is 0 Å². The van der Waals surface area contributed by atoms with Gasteiger partial charge in [0, 0.05) is 31.4 Å². The number of rotatable bonds is 3. The topological polar surface area (TPSA) is 54.2 Å². The van der Waals surface area contributed by atoms with Crippen LogP contribution in [0, 0.1) is 6.92 Å². The van der Waals surface area contributed by atoms with E-state index in [2.05, 4.69) is 15.2 Å². The standard InChI is InChI=1S/C13H20N4/c1-9-4-6-15-13(12(9)14)16-10-5-7-17(8-10)11-2-3-11/h4,6,10-11H,2-3,5,7-8,14H2,1H3,(H,15,16). The minimum atomic E-state index is 0.507. The zero-order valence-electron chi connectivity index (χ0n) is 10.3. The summed E-state index contributed by atoms with van der Waals surface area (Å²) in [6.45, 7) is 4.38. The predicted molar refractivity (Wildman–Crippen MR) is 70.0 cm³/mol. The molecule has 4 nitrogen and oxygen atoms in total. The molecule has 3 rings (SSSR count). The Hall–Kier alpha value is -1.29. The highest BCUT2D eigenvalue weighted by atomic mass is 15.2. The lowest BCUT2D eigenvalue weighted by Crippen LogP contribution is -2.28. The van der Waals surface area contributed by atoms with Crippen molar-refractivity contribution in [3.8, 4) is 0 Å². The van der Waals surface area contributed by atoms with Crippen LogP contribution in [0.15, 0.2) is 12.3 Å². The second-order valence-electron chi connectivity index (χ2n) is 5.25. The summed E-state index contributed by atoms with van der Waals surface area (Å²) >= 11 is 0. The van der Waals surface area contributed by atoms with Crippen LogP contribution < -0.4 is 11.1 Å². The lowest BCUT2D eigenvalue weighted by molar-refractivity contribution is 0.326. The summed E-state index contributed by atoms with van der Waals surface area (Å²) in [5.41, 5.74) is 7.91. The van der Waals surface area contributed by atoms with Crippen molar-refractivity contribution in [1.82, 2.24) is 9.88 Å². The Morgan fingerprint density at radius 2 is 2.24 bits per heavy atom. The van der Waals surface area contributed by atoms with Gasteiger partial charge in [-0.2, -0.15) is 0 Å². The maximum absolute atomic E-state index is 6.03. The van der Waals surface area contributed by atoms with Gasteiger partial charge in [0.2, 0.25) is 0 Å². The van der Waals surface area contributed by atoms with Gasteiger partial charge in [-0.1, -0.05) is 0 Å². The first-order chi connectivity index (χ1) is 8.24. The van der Waals surface area contributed by atoms with Crippen molar-refractivity contribution in [3.63, 3.8) is 0 Å². The van der Waals surface area contributed by atoms with Crippen LogP contribution in [0.1, 0.15) is 24.8 Å². The molecule has 2 heterocycles. The van der Waals surface area contributed by atoms with E-state index in [1.54, 1.807) is 0 Å². The molecule has 0 aromatic carbocycles. The molecule has 1 unspecified atom stereocenters. The van der Waals surface area contributed by atoms with Gasteiger partial charge < -0.3 is 11.1 Å². The number of likely N-dealkylation sites (tertiary alicyclic amines) is 1. The molecule has 0 radical (unpaired) electrons. The van der Waals surface area contributed by atoms with Crippen LogP contribution in [-0.4, -0.2) is 35.1 Å². The van der Waals surface area contributed by atoms with Gasteiger partial charge in [-0.3, -0.25) is 4.90 Å². The molecule has 0 bridgehead atoms. The smallest absolute Gasteiger partial charge is 0.149 e. The molecule has 1 saturated heterocycles. The third-order valence-corrected chi connectivity index (χ3v) is 3.83. The Bertz CT molecular complexity index is 414. The molecule has 3 N–H and O–H groups in total.